The minimum absolute atomic E-state index is 0.502. The minimum Gasteiger partial charge on any atom is -0.452 e. The number of thiophene rings is 1. The molecule has 9 aromatic rings. The van der Waals surface area contributed by atoms with Crippen LogP contribution in [0.25, 0.3) is 80.7 Å². The summed E-state index contributed by atoms with van der Waals surface area (Å²) in [4.78, 5) is 0. The summed E-state index contributed by atoms with van der Waals surface area (Å²) >= 11 is 1.78. The van der Waals surface area contributed by atoms with Crippen LogP contribution in [0.3, 0.4) is 0 Å². The number of nitrogens with zero attached hydrogens (tertiary/aromatic N) is 3. The highest BCUT2D eigenvalue weighted by molar-refractivity contribution is 7.26. The number of benzene rings is 6. The Morgan fingerprint density at radius 3 is 2.23 bits per heavy atom. The van der Waals surface area contributed by atoms with Gasteiger partial charge < -0.3 is 8.98 Å². The van der Waals surface area contributed by atoms with E-state index in [1.54, 1.807) is 11.3 Å². The van der Waals surface area contributed by atoms with E-state index in [-0.39, 0.29) is 0 Å². The Kier molecular flexibility index (Phi) is 4.87. The van der Waals surface area contributed by atoms with Crippen molar-refractivity contribution in [3.8, 4) is 29.0 Å². The fraction of sp³-hybridized carbons (Fsp3) is 0. The van der Waals surface area contributed by atoms with Gasteiger partial charge in [-0.1, -0.05) is 72.8 Å². The van der Waals surface area contributed by atoms with E-state index in [0.717, 1.165) is 49.4 Å². The van der Waals surface area contributed by atoms with Gasteiger partial charge in [0.25, 0.3) is 0 Å². The molecule has 43 heavy (non-hydrogen) atoms. The molecule has 0 N–H and O–H groups in total. The van der Waals surface area contributed by atoms with Crippen LogP contribution in [0.5, 0.6) is 0 Å². The van der Waals surface area contributed by atoms with E-state index in [4.69, 9.17) is 4.42 Å². The Labute approximate surface area is 249 Å². The molecule has 0 bridgehead atoms. The molecule has 0 unspecified atom stereocenters. The Bertz CT molecular complexity index is 2710. The first-order chi connectivity index (χ1) is 21.2. The van der Waals surface area contributed by atoms with Gasteiger partial charge in [0.15, 0.2) is 11.2 Å². The molecule has 0 radical (unpaired) electrons. The molecular formula is C38H19N3OS. The fourth-order valence-corrected chi connectivity index (χ4v) is 7.81. The van der Waals surface area contributed by atoms with E-state index in [1.165, 1.54) is 20.2 Å². The molecule has 9 rings (SSSR count). The summed E-state index contributed by atoms with van der Waals surface area (Å²) in [6.07, 6.45) is 0. The van der Waals surface area contributed by atoms with E-state index in [0.29, 0.717) is 22.3 Å². The van der Waals surface area contributed by atoms with Gasteiger partial charge in [0, 0.05) is 41.7 Å². The van der Waals surface area contributed by atoms with Crippen LogP contribution >= 0.6 is 11.3 Å². The third-order valence-electron chi connectivity index (χ3n) is 8.46. The van der Waals surface area contributed by atoms with Gasteiger partial charge in [-0.25, -0.2) is 0 Å². The number of furan rings is 1. The van der Waals surface area contributed by atoms with Crippen molar-refractivity contribution in [1.82, 2.24) is 4.57 Å². The number of hydrogen-bond acceptors (Lipinski definition) is 4. The average molecular weight is 566 g/mol. The maximum atomic E-state index is 10.3. The molecule has 0 fully saturated rings. The normalized spacial score (nSPS) is 11.7. The van der Waals surface area contributed by atoms with E-state index in [9.17, 15) is 10.5 Å². The molecule has 0 aliphatic heterocycles. The highest BCUT2D eigenvalue weighted by atomic mass is 32.1. The first-order valence-electron chi connectivity index (χ1n) is 14.0. The summed E-state index contributed by atoms with van der Waals surface area (Å²) in [5.41, 5.74) is 7.31. The smallest absolute Gasteiger partial charge is 0.159 e. The van der Waals surface area contributed by atoms with Crippen molar-refractivity contribution in [1.29, 1.82) is 10.5 Å². The summed E-state index contributed by atoms with van der Waals surface area (Å²) in [6.45, 7) is 0. The van der Waals surface area contributed by atoms with Crippen LogP contribution in [0, 0.1) is 22.7 Å². The number of rotatable bonds is 2. The molecule has 0 spiro atoms. The summed E-state index contributed by atoms with van der Waals surface area (Å²) in [5, 5.41) is 26.5. The summed E-state index contributed by atoms with van der Waals surface area (Å²) in [5.74, 6) is 0. The van der Waals surface area contributed by atoms with Crippen molar-refractivity contribution in [2.75, 3.05) is 0 Å². The second-order valence-electron chi connectivity index (χ2n) is 10.7. The number of para-hydroxylation sites is 2. The Morgan fingerprint density at radius 1 is 0.581 bits per heavy atom. The summed E-state index contributed by atoms with van der Waals surface area (Å²) in [6, 6.07) is 43.9. The summed E-state index contributed by atoms with van der Waals surface area (Å²) in [7, 11) is 0. The molecular weight excluding hydrogens is 547 g/mol. The van der Waals surface area contributed by atoms with Crippen LogP contribution in [0.1, 0.15) is 11.1 Å². The van der Waals surface area contributed by atoms with Crippen LogP contribution in [-0.2, 0) is 0 Å². The molecule has 198 valence electrons. The number of fused-ring (bicyclic) bond motifs is 9. The molecule has 4 nitrogen and oxygen atoms in total. The van der Waals surface area contributed by atoms with Gasteiger partial charge in [0.05, 0.1) is 33.9 Å². The van der Waals surface area contributed by atoms with Crippen molar-refractivity contribution in [2.24, 2.45) is 0 Å². The SMILES string of the molecule is N#Cc1ccc2c3ccccc3n(-c3cccc4c3oc3c(C#N)cc(-c5cccc6c5sc5ccccc56)cc34)c2c1. The Morgan fingerprint density at radius 2 is 1.35 bits per heavy atom. The van der Waals surface area contributed by atoms with Gasteiger partial charge in [-0.15, -0.1) is 11.3 Å². The van der Waals surface area contributed by atoms with Crippen molar-refractivity contribution in [3.63, 3.8) is 0 Å². The van der Waals surface area contributed by atoms with Gasteiger partial charge in [0.1, 0.15) is 6.07 Å². The molecule has 0 aliphatic carbocycles. The molecule has 3 heterocycles. The molecule has 6 aromatic carbocycles. The van der Waals surface area contributed by atoms with Gasteiger partial charge in [-0.05, 0) is 53.6 Å². The van der Waals surface area contributed by atoms with Crippen LogP contribution in [0.4, 0.5) is 0 Å². The molecule has 3 aromatic heterocycles. The summed E-state index contributed by atoms with van der Waals surface area (Å²) < 4.78 is 11.2. The lowest BCUT2D eigenvalue weighted by Crippen LogP contribution is -1.94. The molecule has 0 saturated carbocycles. The lowest BCUT2D eigenvalue weighted by atomic mass is 9.98. The minimum atomic E-state index is 0.502. The van der Waals surface area contributed by atoms with Crippen molar-refractivity contribution in [2.45, 2.75) is 0 Å². The molecule has 0 amide bonds. The van der Waals surface area contributed by atoms with E-state index >= 15 is 0 Å². The predicted octanol–water partition coefficient (Wildman–Crippen LogP) is 10.5. The standard InChI is InChI=1S/C38H19N3OS/c39-20-22-15-16-27-26-7-1-3-12-32(26)41(34(27)17-22)33-13-6-10-29-31-19-23(18-24(21-40)36(31)42-37(29)33)25-9-5-11-30-28-8-2-4-14-35(28)43-38(25)30/h1-19H. The second kappa shape index (κ2) is 8.81. The van der Waals surface area contributed by atoms with Crippen LogP contribution in [-0.4, -0.2) is 4.57 Å². The Balaban J connectivity index is 1.35. The quantitative estimate of drug-likeness (QED) is 0.209. The molecule has 0 aliphatic rings. The maximum absolute atomic E-state index is 10.3. The lowest BCUT2D eigenvalue weighted by molar-refractivity contribution is 0.665. The highest BCUT2D eigenvalue weighted by Crippen LogP contribution is 2.43. The number of nitriles is 2. The van der Waals surface area contributed by atoms with Crippen LogP contribution in [0.15, 0.2) is 120 Å². The zero-order valence-corrected chi connectivity index (χ0v) is 23.4. The van der Waals surface area contributed by atoms with E-state index < -0.39 is 0 Å². The molecule has 0 atom stereocenters. The zero-order chi connectivity index (χ0) is 28.7. The monoisotopic (exact) mass is 565 g/mol. The van der Waals surface area contributed by atoms with Gasteiger partial charge in [-0.2, -0.15) is 10.5 Å². The highest BCUT2D eigenvalue weighted by Gasteiger charge is 2.20. The second-order valence-corrected chi connectivity index (χ2v) is 11.8. The number of aromatic nitrogens is 1. The lowest BCUT2D eigenvalue weighted by Gasteiger charge is -2.08. The third kappa shape index (κ3) is 3.29. The van der Waals surface area contributed by atoms with E-state index in [1.807, 2.05) is 48.5 Å². The van der Waals surface area contributed by atoms with Crippen LogP contribution in [0.2, 0.25) is 0 Å². The average Bonchev–Trinajstić information content (AvgIpc) is 3.73. The molecule has 5 heteroatoms. The zero-order valence-electron chi connectivity index (χ0n) is 22.6. The van der Waals surface area contributed by atoms with Gasteiger partial charge >= 0.3 is 0 Å². The maximum Gasteiger partial charge on any atom is 0.159 e. The molecule has 0 saturated heterocycles. The van der Waals surface area contributed by atoms with E-state index in [2.05, 4.69) is 83.4 Å². The number of hydrogen-bond donors (Lipinski definition) is 0. The fourth-order valence-electron chi connectivity index (χ4n) is 6.57. The van der Waals surface area contributed by atoms with Crippen molar-refractivity contribution >= 4 is 75.3 Å². The van der Waals surface area contributed by atoms with Crippen LogP contribution < -0.4 is 0 Å². The first-order valence-corrected chi connectivity index (χ1v) is 14.8. The topological polar surface area (TPSA) is 65.7 Å². The van der Waals surface area contributed by atoms with Gasteiger partial charge in [0.2, 0.25) is 0 Å². The first kappa shape index (κ1) is 23.8. The Hall–Kier alpha value is -5.88. The van der Waals surface area contributed by atoms with Crippen molar-refractivity contribution in [3.05, 3.63) is 126 Å². The largest absolute Gasteiger partial charge is 0.452 e. The predicted molar refractivity (Wildman–Crippen MR) is 176 cm³/mol. The third-order valence-corrected chi connectivity index (χ3v) is 9.68. The van der Waals surface area contributed by atoms with Gasteiger partial charge in [-0.3, -0.25) is 0 Å². The van der Waals surface area contributed by atoms with Crippen molar-refractivity contribution < 1.29 is 4.42 Å².